The zero-order valence-electron chi connectivity index (χ0n) is 19.4. The van der Waals surface area contributed by atoms with E-state index < -0.39 is 29.6 Å². The Morgan fingerprint density at radius 3 is 2.24 bits per heavy atom. The number of likely N-dealkylation sites (tertiary alicyclic amines) is 1. The van der Waals surface area contributed by atoms with Crippen molar-refractivity contribution < 1.29 is 29.3 Å². The van der Waals surface area contributed by atoms with E-state index in [9.17, 15) is 24.6 Å². The molecule has 0 saturated carbocycles. The smallest absolute Gasteiger partial charge is 0.407 e. The second-order valence-corrected chi connectivity index (χ2v) is 9.59. The molecule has 8 heteroatoms. The standard InChI is InChI=1S/C26H30N2O6/c1-26(2,24(32)28-14-16(29)13-22(28)23(30)31)11-12-27-25(33)34-15-21-19-9-5-3-7-17(19)18-8-4-6-10-20(18)21/h3-10,16,21-22,29H,11-15H2,1-2H3,(H,27,33)(H,30,31)/t16-,22+/m1/s1. The van der Waals surface area contributed by atoms with Gasteiger partial charge in [-0.05, 0) is 28.7 Å². The van der Waals surface area contributed by atoms with Crippen molar-refractivity contribution in [1.82, 2.24) is 10.2 Å². The fraction of sp³-hybridized carbons (Fsp3) is 0.423. The summed E-state index contributed by atoms with van der Waals surface area (Å²) in [5, 5.41) is 21.9. The number of nitrogens with one attached hydrogen (secondary N) is 1. The van der Waals surface area contributed by atoms with Gasteiger partial charge in [-0.25, -0.2) is 9.59 Å². The zero-order chi connectivity index (χ0) is 24.5. The molecule has 2 amide bonds. The lowest BCUT2D eigenvalue weighted by Crippen LogP contribution is -2.47. The van der Waals surface area contributed by atoms with Gasteiger partial charge in [0.2, 0.25) is 5.91 Å². The summed E-state index contributed by atoms with van der Waals surface area (Å²) in [6.45, 7) is 3.81. The summed E-state index contributed by atoms with van der Waals surface area (Å²) in [5.74, 6) is -1.52. The number of rotatable bonds is 7. The third-order valence-corrected chi connectivity index (χ3v) is 6.77. The monoisotopic (exact) mass is 466 g/mol. The molecular weight excluding hydrogens is 436 g/mol. The SMILES string of the molecule is CC(C)(CCNC(=O)OCC1c2ccccc2-c2ccccc21)C(=O)N1C[C@H](O)C[C@H]1C(=O)O. The summed E-state index contributed by atoms with van der Waals surface area (Å²) in [6.07, 6.45) is -1.09. The summed E-state index contributed by atoms with van der Waals surface area (Å²) in [5.41, 5.74) is 3.65. The van der Waals surface area contributed by atoms with E-state index in [1.165, 1.54) is 4.90 Å². The van der Waals surface area contributed by atoms with Crippen molar-refractivity contribution in [2.45, 2.75) is 44.8 Å². The molecule has 8 nitrogen and oxygen atoms in total. The van der Waals surface area contributed by atoms with Gasteiger partial charge >= 0.3 is 12.1 Å². The maximum absolute atomic E-state index is 12.9. The molecule has 2 aromatic carbocycles. The van der Waals surface area contributed by atoms with Crippen LogP contribution in [0, 0.1) is 5.41 Å². The Morgan fingerprint density at radius 2 is 1.65 bits per heavy atom. The van der Waals surface area contributed by atoms with Crippen molar-refractivity contribution in [2.24, 2.45) is 5.41 Å². The van der Waals surface area contributed by atoms with E-state index in [4.69, 9.17) is 4.74 Å². The van der Waals surface area contributed by atoms with Crippen LogP contribution in [-0.4, -0.2) is 64.9 Å². The topological polar surface area (TPSA) is 116 Å². The van der Waals surface area contributed by atoms with Crippen LogP contribution in [0.25, 0.3) is 11.1 Å². The summed E-state index contributed by atoms with van der Waals surface area (Å²) in [4.78, 5) is 38.0. The van der Waals surface area contributed by atoms with Crippen LogP contribution in [0.2, 0.25) is 0 Å². The molecule has 0 bridgehead atoms. The molecular formula is C26H30N2O6. The molecule has 1 aliphatic carbocycles. The molecule has 180 valence electrons. The molecule has 1 saturated heterocycles. The molecule has 1 heterocycles. The number of hydrogen-bond acceptors (Lipinski definition) is 5. The molecule has 1 aliphatic heterocycles. The first-order valence-electron chi connectivity index (χ1n) is 11.5. The number of β-amino-alcohol motifs (C(OH)–C–C–N with tert-alkyl or cyclic N) is 1. The fourth-order valence-electron chi connectivity index (χ4n) is 4.89. The lowest BCUT2D eigenvalue weighted by molar-refractivity contribution is -0.152. The number of nitrogens with zero attached hydrogens (tertiary/aromatic N) is 1. The minimum Gasteiger partial charge on any atom is -0.480 e. The largest absolute Gasteiger partial charge is 0.480 e. The third kappa shape index (κ3) is 4.63. The van der Waals surface area contributed by atoms with E-state index in [0.29, 0.717) is 6.42 Å². The van der Waals surface area contributed by atoms with Crippen molar-refractivity contribution in [2.75, 3.05) is 19.7 Å². The molecule has 2 aromatic rings. The molecule has 2 atom stereocenters. The zero-order valence-corrected chi connectivity index (χ0v) is 19.4. The maximum atomic E-state index is 12.9. The van der Waals surface area contributed by atoms with Crippen LogP contribution in [-0.2, 0) is 14.3 Å². The van der Waals surface area contributed by atoms with E-state index in [1.54, 1.807) is 13.8 Å². The Kier molecular flexibility index (Phi) is 6.61. The van der Waals surface area contributed by atoms with E-state index in [1.807, 2.05) is 24.3 Å². The quantitative estimate of drug-likeness (QED) is 0.578. The second-order valence-electron chi connectivity index (χ2n) is 9.59. The van der Waals surface area contributed by atoms with Gasteiger partial charge in [-0.15, -0.1) is 0 Å². The van der Waals surface area contributed by atoms with Crippen molar-refractivity contribution in [3.8, 4) is 11.1 Å². The molecule has 0 aromatic heterocycles. The first-order valence-corrected chi connectivity index (χ1v) is 11.5. The molecule has 1 fully saturated rings. The van der Waals surface area contributed by atoms with Crippen molar-refractivity contribution >= 4 is 18.0 Å². The van der Waals surface area contributed by atoms with Crippen LogP contribution in [0.4, 0.5) is 4.79 Å². The van der Waals surface area contributed by atoms with Gasteiger partial charge in [0.05, 0.1) is 6.10 Å². The predicted octanol–water partition coefficient (Wildman–Crippen LogP) is 2.99. The minimum atomic E-state index is -1.13. The summed E-state index contributed by atoms with van der Waals surface area (Å²) in [6, 6.07) is 15.2. The maximum Gasteiger partial charge on any atom is 0.407 e. The van der Waals surface area contributed by atoms with Gasteiger partial charge in [-0.2, -0.15) is 0 Å². The van der Waals surface area contributed by atoms with Crippen LogP contribution < -0.4 is 5.32 Å². The number of amides is 2. The molecule has 0 spiro atoms. The Balaban J connectivity index is 1.30. The average Bonchev–Trinajstić information content (AvgIpc) is 3.35. The highest BCUT2D eigenvalue weighted by atomic mass is 16.5. The van der Waals surface area contributed by atoms with E-state index >= 15 is 0 Å². The number of aliphatic carboxylic acids is 1. The van der Waals surface area contributed by atoms with Crippen LogP contribution in [0.1, 0.15) is 43.7 Å². The molecule has 0 unspecified atom stereocenters. The minimum absolute atomic E-state index is 0.000955. The summed E-state index contributed by atoms with van der Waals surface area (Å²) >= 11 is 0. The number of carbonyl (C=O) groups is 3. The van der Waals surface area contributed by atoms with E-state index in [2.05, 4.69) is 29.6 Å². The predicted molar refractivity (Wildman–Crippen MR) is 125 cm³/mol. The molecule has 4 rings (SSSR count). The molecule has 2 aliphatic rings. The number of alkyl carbamates (subject to hydrolysis) is 1. The highest BCUT2D eigenvalue weighted by Gasteiger charge is 2.43. The van der Waals surface area contributed by atoms with Crippen LogP contribution in [0.3, 0.4) is 0 Å². The number of ether oxygens (including phenoxy) is 1. The number of carboxylic acids is 1. The lowest BCUT2D eigenvalue weighted by Gasteiger charge is -2.31. The summed E-state index contributed by atoms with van der Waals surface area (Å²) in [7, 11) is 0. The average molecular weight is 467 g/mol. The number of carboxylic acid groups (broad SMARTS) is 1. The van der Waals surface area contributed by atoms with Gasteiger partial charge in [0.15, 0.2) is 0 Å². The van der Waals surface area contributed by atoms with Gasteiger partial charge in [0.25, 0.3) is 0 Å². The van der Waals surface area contributed by atoms with Gasteiger partial charge in [-0.1, -0.05) is 62.4 Å². The van der Waals surface area contributed by atoms with Crippen LogP contribution in [0.15, 0.2) is 48.5 Å². The van der Waals surface area contributed by atoms with Crippen LogP contribution >= 0.6 is 0 Å². The third-order valence-electron chi connectivity index (χ3n) is 6.77. The highest BCUT2D eigenvalue weighted by molar-refractivity contribution is 5.88. The number of aliphatic hydroxyl groups is 1. The number of aliphatic hydroxyl groups excluding tert-OH is 1. The lowest BCUT2D eigenvalue weighted by atomic mass is 9.87. The second kappa shape index (κ2) is 9.46. The Bertz CT molecular complexity index is 1050. The van der Waals surface area contributed by atoms with Gasteiger partial charge < -0.3 is 25.2 Å². The Hall–Kier alpha value is -3.39. The highest BCUT2D eigenvalue weighted by Crippen LogP contribution is 2.44. The van der Waals surface area contributed by atoms with E-state index in [0.717, 1.165) is 22.3 Å². The normalized spacial score (nSPS) is 19.4. The van der Waals surface area contributed by atoms with E-state index in [-0.39, 0.29) is 37.9 Å². The number of fused-ring (bicyclic) bond motifs is 3. The first kappa shape index (κ1) is 23.8. The van der Waals surface area contributed by atoms with Crippen LogP contribution in [0.5, 0.6) is 0 Å². The van der Waals surface area contributed by atoms with Crippen molar-refractivity contribution in [3.63, 3.8) is 0 Å². The van der Waals surface area contributed by atoms with Gasteiger partial charge in [0, 0.05) is 30.8 Å². The van der Waals surface area contributed by atoms with Gasteiger partial charge in [-0.3, -0.25) is 4.79 Å². The Morgan fingerprint density at radius 1 is 1.06 bits per heavy atom. The van der Waals surface area contributed by atoms with Crippen molar-refractivity contribution in [1.29, 1.82) is 0 Å². The number of hydrogen-bond donors (Lipinski definition) is 3. The first-order chi connectivity index (χ1) is 16.2. The number of carbonyl (C=O) groups excluding carboxylic acids is 2. The summed E-state index contributed by atoms with van der Waals surface area (Å²) < 4.78 is 5.52. The molecule has 34 heavy (non-hydrogen) atoms. The fourth-order valence-corrected chi connectivity index (χ4v) is 4.89. The van der Waals surface area contributed by atoms with Gasteiger partial charge in [0.1, 0.15) is 12.6 Å². The Labute approximate surface area is 198 Å². The van der Waals surface area contributed by atoms with Crippen molar-refractivity contribution in [3.05, 3.63) is 59.7 Å². The molecule has 3 N–H and O–H groups in total. The molecule has 0 radical (unpaired) electrons. The number of benzene rings is 2.